The van der Waals surface area contributed by atoms with Gasteiger partial charge in [-0.15, -0.1) is 0 Å². The van der Waals surface area contributed by atoms with Crippen LogP contribution in [0.3, 0.4) is 0 Å². The number of nitrogens with zero attached hydrogens (tertiary/aromatic N) is 1. The van der Waals surface area contributed by atoms with Crippen LogP contribution >= 0.6 is 0 Å². The van der Waals surface area contributed by atoms with Gasteiger partial charge in [-0.05, 0) is 6.92 Å². The molecule has 0 aromatic carbocycles. The summed E-state index contributed by atoms with van der Waals surface area (Å²) >= 11 is 0. The van der Waals surface area contributed by atoms with Gasteiger partial charge in [0.25, 0.3) is 0 Å². The standard InChI is InChI=1S/C8H9NO3.K.H/c1-5-4-9-6(8(10)11)3-7(5)12-2;;/h3-4H,1-2H3,(H,10,11);;. The molecular weight excluding hydrogens is 197 g/mol. The van der Waals surface area contributed by atoms with Crippen molar-refractivity contribution in [1.82, 2.24) is 4.98 Å². The molecule has 0 aliphatic heterocycles. The van der Waals surface area contributed by atoms with Gasteiger partial charge in [0.05, 0.1) is 7.11 Å². The SMILES string of the molecule is COc1cc(C(=O)O)ncc1C.[KH]. The molecule has 0 amide bonds. The minimum absolute atomic E-state index is 0. The predicted molar refractivity (Wildman–Crippen MR) is 49.6 cm³/mol. The van der Waals surface area contributed by atoms with E-state index in [1.807, 2.05) is 0 Å². The van der Waals surface area contributed by atoms with Crippen LogP contribution in [-0.4, -0.2) is 74.6 Å². The molecule has 1 heterocycles. The quantitative estimate of drug-likeness (QED) is 0.715. The molecule has 0 aliphatic rings. The molecule has 0 unspecified atom stereocenters. The molecule has 0 radical (unpaired) electrons. The Hall–Kier alpha value is 0.0564. The summed E-state index contributed by atoms with van der Waals surface area (Å²) in [6.45, 7) is 1.80. The van der Waals surface area contributed by atoms with Crippen molar-refractivity contribution >= 4 is 57.4 Å². The van der Waals surface area contributed by atoms with Gasteiger partial charge in [0.15, 0.2) is 5.69 Å². The molecule has 0 fully saturated rings. The molecule has 1 aromatic rings. The van der Waals surface area contributed by atoms with Crippen LogP contribution in [0.2, 0.25) is 0 Å². The molecule has 4 nitrogen and oxygen atoms in total. The van der Waals surface area contributed by atoms with E-state index in [0.29, 0.717) is 5.75 Å². The first kappa shape index (κ1) is 13.1. The second-order valence-electron chi connectivity index (χ2n) is 2.34. The van der Waals surface area contributed by atoms with Gasteiger partial charge < -0.3 is 9.84 Å². The fraction of sp³-hybridized carbons (Fsp3) is 0.250. The van der Waals surface area contributed by atoms with Crippen LogP contribution in [0, 0.1) is 6.92 Å². The van der Waals surface area contributed by atoms with Crippen molar-refractivity contribution < 1.29 is 14.6 Å². The summed E-state index contributed by atoms with van der Waals surface area (Å²) in [6.07, 6.45) is 1.47. The van der Waals surface area contributed by atoms with Crippen molar-refractivity contribution in [2.45, 2.75) is 6.92 Å². The summed E-state index contributed by atoms with van der Waals surface area (Å²) in [7, 11) is 1.49. The fourth-order valence-electron chi connectivity index (χ4n) is 0.842. The van der Waals surface area contributed by atoms with Gasteiger partial charge in [-0.2, -0.15) is 0 Å². The van der Waals surface area contributed by atoms with Gasteiger partial charge in [-0.25, -0.2) is 9.78 Å². The zero-order chi connectivity index (χ0) is 9.14. The van der Waals surface area contributed by atoms with Crippen LogP contribution in [-0.2, 0) is 0 Å². The molecule has 5 heteroatoms. The van der Waals surface area contributed by atoms with Crippen LogP contribution < -0.4 is 4.74 Å². The molecule has 13 heavy (non-hydrogen) atoms. The number of hydrogen-bond acceptors (Lipinski definition) is 3. The third-order valence-electron chi connectivity index (χ3n) is 1.49. The zero-order valence-corrected chi connectivity index (χ0v) is 6.87. The van der Waals surface area contributed by atoms with E-state index in [1.54, 1.807) is 6.92 Å². The Bertz CT molecular complexity index is 314. The molecule has 0 atom stereocenters. The average Bonchev–Trinajstić information content (AvgIpc) is 2.05. The number of aryl methyl sites for hydroxylation is 1. The zero-order valence-electron chi connectivity index (χ0n) is 6.87. The van der Waals surface area contributed by atoms with E-state index in [0.717, 1.165) is 5.56 Å². The van der Waals surface area contributed by atoms with Crippen LogP contribution in [0.4, 0.5) is 0 Å². The van der Waals surface area contributed by atoms with Gasteiger partial charge in [0.1, 0.15) is 5.75 Å². The maximum atomic E-state index is 10.5. The van der Waals surface area contributed by atoms with Gasteiger partial charge in [0.2, 0.25) is 0 Å². The second kappa shape index (κ2) is 5.72. The number of methoxy groups -OCH3 is 1. The van der Waals surface area contributed by atoms with Crippen molar-refractivity contribution in [3.63, 3.8) is 0 Å². The minimum atomic E-state index is -1.05. The normalized spacial score (nSPS) is 8.77. The van der Waals surface area contributed by atoms with Crippen molar-refractivity contribution in [3.8, 4) is 5.75 Å². The first-order valence-corrected chi connectivity index (χ1v) is 3.39. The Morgan fingerprint density at radius 3 is 2.69 bits per heavy atom. The number of aromatic nitrogens is 1. The molecule has 0 bridgehead atoms. The van der Waals surface area contributed by atoms with E-state index < -0.39 is 5.97 Å². The van der Waals surface area contributed by atoms with Gasteiger partial charge in [0, 0.05) is 17.8 Å². The summed E-state index contributed by atoms with van der Waals surface area (Å²) < 4.78 is 4.93. The number of hydrogen-bond donors (Lipinski definition) is 1. The average molecular weight is 207 g/mol. The van der Waals surface area contributed by atoms with Crippen molar-refractivity contribution in [3.05, 3.63) is 23.5 Å². The summed E-state index contributed by atoms with van der Waals surface area (Å²) in [6, 6.07) is 1.40. The summed E-state index contributed by atoms with van der Waals surface area (Å²) in [5, 5.41) is 8.58. The molecular formula is C8H10KNO3. The van der Waals surface area contributed by atoms with Crippen LogP contribution in [0.15, 0.2) is 12.3 Å². The Labute approximate surface area is 119 Å². The topological polar surface area (TPSA) is 59.4 Å². The van der Waals surface area contributed by atoms with E-state index in [4.69, 9.17) is 9.84 Å². The molecule has 0 aliphatic carbocycles. The molecule has 66 valence electrons. The first-order chi connectivity index (χ1) is 5.65. The Balaban J connectivity index is 0.00000144. The van der Waals surface area contributed by atoms with E-state index in [1.165, 1.54) is 19.4 Å². The second-order valence-corrected chi connectivity index (χ2v) is 2.34. The molecule has 0 saturated heterocycles. The van der Waals surface area contributed by atoms with Gasteiger partial charge >= 0.3 is 57.4 Å². The van der Waals surface area contributed by atoms with E-state index in [9.17, 15) is 4.79 Å². The van der Waals surface area contributed by atoms with Crippen LogP contribution in [0.1, 0.15) is 16.1 Å². The maximum absolute atomic E-state index is 10.5. The Morgan fingerprint density at radius 2 is 2.23 bits per heavy atom. The van der Waals surface area contributed by atoms with E-state index in [-0.39, 0.29) is 57.1 Å². The first-order valence-electron chi connectivity index (χ1n) is 3.39. The van der Waals surface area contributed by atoms with E-state index in [2.05, 4.69) is 4.98 Å². The number of rotatable bonds is 2. The molecule has 1 aromatic heterocycles. The number of ether oxygens (including phenoxy) is 1. The third-order valence-corrected chi connectivity index (χ3v) is 1.49. The Morgan fingerprint density at radius 1 is 1.62 bits per heavy atom. The Kier molecular flexibility index (Phi) is 5.74. The number of aromatic carboxylic acids is 1. The third kappa shape index (κ3) is 3.36. The van der Waals surface area contributed by atoms with E-state index >= 15 is 0 Å². The number of carboxylic acid groups (broad SMARTS) is 1. The monoisotopic (exact) mass is 207 g/mol. The molecule has 1 N–H and O–H groups in total. The number of carbonyl (C=O) groups is 1. The van der Waals surface area contributed by atoms with Gasteiger partial charge in [-0.3, -0.25) is 0 Å². The van der Waals surface area contributed by atoms with Gasteiger partial charge in [-0.1, -0.05) is 0 Å². The van der Waals surface area contributed by atoms with Crippen LogP contribution in [0.5, 0.6) is 5.75 Å². The van der Waals surface area contributed by atoms with Crippen molar-refractivity contribution in [2.24, 2.45) is 0 Å². The summed E-state index contributed by atoms with van der Waals surface area (Å²) in [5.41, 5.74) is 0.819. The summed E-state index contributed by atoms with van der Waals surface area (Å²) in [4.78, 5) is 14.2. The van der Waals surface area contributed by atoms with Crippen LogP contribution in [0.25, 0.3) is 0 Å². The fourth-order valence-corrected chi connectivity index (χ4v) is 0.842. The van der Waals surface area contributed by atoms with Crippen molar-refractivity contribution in [1.29, 1.82) is 0 Å². The molecule has 1 rings (SSSR count). The number of carboxylic acids is 1. The predicted octanol–water partition coefficient (Wildman–Crippen LogP) is 0.448. The summed E-state index contributed by atoms with van der Waals surface area (Å²) in [5.74, 6) is -0.504. The number of pyridine rings is 1. The van der Waals surface area contributed by atoms with Crippen molar-refractivity contribution in [2.75, 3.05) is 7.11 Å². The molecule has 0 saturated carbocycles. The molecule has 0 spiro atoms.